The molecule has 4 nitrogen and oxygen atoms in total. The number of aromatic nitrogens is 2. The van der Waals surface area contributed by atoms with E-state index in [-0.39, 0.29) is 0 Å². The largest absolute Gasteiger partial charge is 0.353 e. The van der Waals surface area contributed by atoms with Crippen LogP contribution in [0.5, 0.6) is 0 Å². The van der Waals surface area contributed by atoms with Crippen LogP contribution in [0, 0.1) is 0 Å². The third-order valence-corrected chi connectivity index (χ3v) is 5.07. The molecule has 1 aliphatic rings. The lowest BCUT2D eigenvalue weighted by Gasteiger charge is -2.29. The average Bonchev–Trinajstić information content (AvgIpc) is 2.90. The van der Waals surface area contributed by atoms with E-state index < -0.39 is 0 Å². The number of hydrogen-bond acceptors (Lipinski definition) is 6. The molecule has 0 amide bonds. The van der Waals surface area contributed by atoms with E-state index in [2.05, 4.69) is 28.2 Å². The van der Waals surface area contributed by atoms with E-state index in [1.807, 2.05) is 6.26 Å². The molecule has 0 unspecified atom stereocenters. The highest BCUT2D eigenvalue weighted by atomic mass is 32.2. The fraction of sp³-hybridized carbons (Fsp3) is 0.538. The molecular weight excluding hydrogens is 276 g/mol. The first kappa shape index (κ1) is 13.1. The summed E-state index contributed by atoms with van der Waals surface area (Å²) in [6.07, 6.45) is 3.10. The van der Waals surface area contributed by atoms with Crippen LogP contribution in [0.3, 0.4) is 0 Å². The Kier molecular flexibility index (Phi) is 3.91. The molecule has 0 aromatic carbocycles. The summed E-state index contributed by atoms with van der Waals surface area (Å²) in [5.41, 5.74) is 0. The lowest BCUT2D eigenvalue weighted by molar-refractivity contribution is 0.584. The predicted molar refractivity (Wildman–Crippen MR) is 83.7 cm³/mol. The van der Waals surface area contributed by atoms with Crippen molar-refractivity contribution in [3.8, 4) is 0 Å². The Labute approximate surface area is 121 Å². The number of nitrogens with one attached hydrogen (secondary N) is 1. The van der Waals surface area contributed by atoms with Crippen LogP contribution in [0.1, 0.15) is 11.8 Å². The quantitative estimate of drug-likeness (QED) is 0.695. The summed E-state index contributed by atoms with van der Waals surface area (Å²) in [6, 6.07) is 2.27. The van der Waals surface area contributed by atoms with Crippen LogP contribution in [0.2, 0.25) is 0 Å². The SMILES string of the molecule is CCc1cc2c(N3CCNCC3)nc(SC)nc2s1. The van der Waals surface area contributed by atoms with Crippen LogP contribution in [0.4, 0.5) is 5.82 Å². The van der Waals surface area contributed by atoms with E-state index in [1.54, 1.807) is 23.1 Å². The molecular formula is C13H18N4S2. The molecule has 1 aliphatic heterocycles. The van der Waals surface area contributed by atoms with E-state index in [1.165, 1.54) is 10.3 Å². The van der Waals surface area contributed by atoms with Gasteiger partial charge in [0.2, 0.25) is 0 Å². The second-order valence-corrected chi connectivity index (χ2v) is 6.44. The number of thiophene rings is 1. The zero-order valence-corrected chi connectivity index (χ0v) is 12.9. The van der Waals surface area contributed by atoms with Crippen molar-refractivity contribution in [3.63, 3.8) is 0 Å². The molecule has 0 radical (unpaired) electrons. The van der Waals surface area contributed by atoms with Crippen molar-refractivity contribution in [2.75, 3.05) is 37.3 Å². The van der Waals surface area contributed by atoms with Gasteiger partial charge in [0.05, 0.1) is 5.39 Å². The molecule has 6 heteroatoms. The first-order chi connectivity index (χ1) is 9.31. The number of hydrogen-bond donors (Lipinski definition) is 1. The van der Waals surface area contributed by atoms with Gasteiger partial charge in [0.25, 0.3) is 0 Å². The Morgan fingerprint density at radius 2 is 2.16 bits per heavy atom. The molecule has 1 fully saturated rings. The van der Waals surface area contributed by atoms with Crippen LogP contribution in [0.25, 0.3) is 10.2 Å². The second-order valence-electron chi connectivity index (χ2n) is 4.56. The van der Waals surface area contributed by atoms with Gasteiger partial charge in [-0.3, -0.25) is 0 Å². The van der Waals surface area contributed by atoms with Gasteiger partial charge >= 0.3 is 0 Å². The number of nitrogens with zero attached hydrogens (tertiary/aromatic N) is 3. The first-order valence-corrected chi connectivity index (χ1v) is 8.66. The molecule has 0 spiro atoms. The molecule has 2 aromatic heterocycles. The number of fused-ring (bicyclic) bond motifs is 1. The van der Waals surface area contributed by atoms with E-state index in [9.17, 15) is 0 Å². The van der Waals surface area contributed by atoms with Crippen molar-refractivity contribution >= 4 is 39.1 Å². The van der Waals surface area contributed by atoms with Crippen molar-refractivity contribution in [3.05, 3.63) is 10.9 Å². The van der Waals surface area contributed by atoms with Crippen molar-refractivity contribution in [1.82, 2.24) is 15.3 Å². The summed E-state index contributed by atoms with van der Waals surface area (Å²) < 4.78 is 0. The third-order valence-electron chi connectivity index (χ3n) is 3.35. The molecule has 1 saturated heterocycles. The van der Waals surface area contributed by atoms with Gasteiger partial charge in [0.1, 0.15) is 10.6 Å². The Bertz CT molecular complexity index is 575. The Morgan fingerprint density at radius 3 is 2.84 bits per heavy atom. The van der Waals surface area contributed by atoms with E-state index in [0.717, 1.165) is 48.4 Å². The maximum atomic E-state index is 4.75. The molecule has 2 aromatic rings. The van der Waals surface area contributed by atoms with Gasteiger partial charge in [-0.1, -0.05) is 18.7 Å². The predicted octanol–water partition coefficient (Wildman–Crippen LogP) is 2.39. The Hall–Kier alpha value is -0.850. The molecule has 0 aliphatic carbocycles. The minimum absolute atomic E-state index is 0.880. The number of thioether (sulfide) groups is 1. The van der Waals surface area contributed by atoms with E-state index >= 15 is 0 Å². The fourth-order valence-electron chi connectivity index (χ4n) is 2.32. The van der Waals surface area contributed by atoms with Crippen LogP contribution >= 0.6 is 23.1 Å². The van der Waals surface area contributed by atoms with Gasteiger partial charge in [-0.25, -0.2) is 9.97 Å². The summed E-state index contributed by atoms with van der Waals surface area (Å²) in [6.45, 7) is 6.31. The van der Waals surface area contributed by atoms with Crippen LogP contribution in [-0.4, -0.2) is 42.4 Å². The van der Waals surface area contributed by atoms with Gasteiger partial charge in [-0.2, -0.15) is 0 Å². The van der Waals surface area contributed by atoms with Crippen LogP contribution in [0.15, 0.2) is 11.2 Å². The summed E-state index contributed by atoms with van der Waals surface area (Å²) in [5, 5.41) is 5.49. The molecule has 3 heterocycles. The van der Waals surface area contributed by atoms with Gasteiger partial charge in [-0.15, -0.1) is 11.3 Å². The second kappa shape index (κ2) is 5.64. The normalized spacial score (nSPS) is 16.2. The standard InChI is InChI=1S/C13H18N4S2/c1-3-9-8-10-11(17-6-4-14-5-7-17)15-13(18-2)16-12(10)19-9/h8,14H,3-7H2,1-2H3. The van der Waals surface area contributed by atoms with E-state index in [0.29, 0.717) is 0 Å². The highest BCUT2D eigenvalue weighted by molar-refractivity contribution is 7.98. The van der Waals surface area contributed by atoms with Crippen molar-refractivity contribution < 1.29 is 0 Å². The number of rotatable bonds is 3. The molecule has 19 heavy (non-hydrogen) atoms. The summed E-state index contributed by atoms with van der Waals surface area (Å²) in [4.78, 5) is 14.3. The average molecular weight is 294 g/mol. The Morgan fingerprint density at radius 1 is 1.37 bits per heavy atom. The van der Waals surface area contributed by atoms with Gasteiger partial charge in [-0.05, 0) is 18.7 Å². The smallest absolute Gasteiger partial charge is 0.190 e. The van der Waals surface area contributed by atoms with Crippen LogP contribution in [-0.2, 0) is 6.42 Å². The van der Waals surface area contributed by atoms with Crippen LogP contribution < -0.4 is 10.2 Å². The maximum absolute atomic E-state index is 4.75. The third kappa shape index (κ3) is 2.57. The first-order valence-electron chi connectivity index (χ1n) is 6.62. The summed E-state index contributed by atoms with van der Waals surface area (Å²) in [5.74, 6) is 1.12. The molecule has 102 valence electrons. The maximum Gasteiger partial charge on any atom is 0.190 e. The molecule has 0 saturated carbocycles. The Balaban J connectivity index is 2.11. The molecule has 3 rings (SSSR count). The summed E-state index contributed by atoms with van der Waals surface area (Å²) >= 11 is 3.42. The van der Waals surface area contributed by atoms with Gasteiger partial charge in [0, 0.05) is 31.1 Å². The number of aryl methyl sites for hydroxylation is 1. The molecule has 0 bridgehead atoms. The summed E-state index contributed by atoms with van der Waals surface area (Å²) in [7, 11) is 0. The monoisotopic (exact) mass is 294 g/mol. The molecule has 1 N–H and O–H groups in total. The van der Waals surface area contributed by atoms with Crippen molar-refractivity contribution in [2.24, 2.45) is 0 Å². The van der Waals surface area contributed by atoms with Crippen molar-refractivity contribution in [2.45, 2.75) is 18.5 Å². The fourth-order valence-corrected chi connectivity index (χ4v) is 3.70. The topological polar surface area (TPSA) is 41.0 Å². The minimum Gasteiger partial charge on any atom is -0.353 e. The minimum atomic E-state index is 0.880. The lowest BCUT2D eigenvalue weighted by atomic mass is 10.2. The highest BCUT2D eigenvalue weighted by Gasteiger charge is 2.18. The zero-order chi connectivity index (χ0) is 13.2. The van der Waals surface area contributed by atoms with Gasteiger partial charge < -0.3 is 10.2 Å². The highest BCUT2D eigenvalue weighted by Crippen LogP contribution is 2.33. The number of piperazine rings is 1. The number of anilines is 1. The zero-order valence-electron chi connectivity index (χ0n) is 11.3. The van der Waals surface area contributed by atoms with Gasteiger partial charge in [0.15, 0.2) is 5.16 Å². The molecule has 0 atom stereocenters. The van der Waals surface area contributed by atoms with Crippen molar-refractivity contribution in [1.29, 1.82) is 0 Å². The van der Waals surface area contributed by atoms with E-state index in [4.69, 9.17) is 4.98 Å². The lowest BCUT2D eigenvalue weighted by Crippen LogP contribution is -2.44.